The van der Waals surface area contributed by atoms with E-state index in [2.05, 4.69) is 9.80 Å². The van der Waals surface area contributed by atoms with Crippen LogP contribution in [0.2, 0.25) is 0 Å². The molecule has 3 aliphatic rings. The third kappa shape index (κ3) is 9.20. The highest BCUT2D eigenvalue weighted by Crippen LogP contribution is 2.27. The van der Waals surface area contributed by atoms with Gasteiger partial charge >= 0.3 is 0 Å². The summed E-state index contributed by atoms with van der Waals surface area (Å²) in [6.07, 6.45) is 15.4. The molecule has 8 nitrogen and oxygen atoms in total. The second-order valence-corrected chi connectivity index (χ2v) is 11.9. The van der Waals surface area contributed by atoms with Crippen molar-refractivity contribution < 1.29 is 19.7 Å². The Balaban J connectivity index is 1.11. The number of piperidine rings is 2. The van der Waals surface area contributed by atoms with Crippen LogP contribution in [0.3, 0.4) is 0 Å². The molecule has 2 heterocycles. The first-order chi connectivity index (χ1) is 20.6. The normalized spacial score (nSPS) is 22.6. The van der Waals surface area contributed by atoms with E-state index >= 15 is 0 Å². The number of hydrogen-bond donors (Lipinski definition) is 2. The van der Waals surface area contributed by atoms with Crippen molar-refractivity contribution >= 4 is 12.4 Å². The number of aliphatic imine (C=N–C) groups is 2. The highest BCUT2D eigenvalue weighted by molar-refractivity contribution is 5.85. The van der Waals surface area contributed by atoms with Gasteiger partial charge in [0.15, 0.2) is 0 Å². The summed E-state index contributed by atoms with van der Waals surface area (Å²) in [5.41, 5.74) is 1.36. The summed E-state index contributed by atoms with van der Waals surface area (Å²) in [6.45, 7) is 7.69. The van der Waals surface area contributed by atoms with E-state index in [4.69, 9.17) is 19.5 Å². The molecule has 5 rings (SSSR count). The Labute approximate surface area is 251 Å². The van der Waals surface area contributed by atoms with Crippen molar-refractivity contribution in [2.24, 2.45) is 9.98 Å². The van der Waals surface area contributed by atoms with E-state index in [1.165, 1.54) is 38.5 Å². The lowest BCUT2D eigenvalue weighted by atomic mass is 9.91. The van der Waals surface area contributed by atoms with Crippen LogP contribution < -0.4 is 9.47 Å². The van der Waals surface area contributed by atoms with Crippen LogP contribution in [0.15, 0.2) is 46.4 Å². The third-order valence-electron chi connectivity index (χ3n) is 8.76. The van der Waals surface area contributed by atoms with Crippen LogP contribution in [0.5, 0.6) is 23.0 Å². The molecule has 1 saturated carbocycles. The van der Waals surface area contributed by atoms with Crippen LogP contribution in [0, 0.1) is 0 Å². The molecule has 2 saturated heterocycles. The van der Waals surface area contributed by atoms with Gasteiger partial charge in [0.1, 0.15) is 36.2 Å². The molecule has 0 aromatic heterocycles. The maximum Gasteiger partial charge on any atom is 0.128 e. The number of aromatic hydroxyl groups is 2. The van der Waals surface area contributed by atoms with Gasteiger partial charge in [-0.25, -0.2) is 0 Å². The van der Waals surface area contributed by atoms with Gasteiger partial charge in [-0.15, -0.1) is 0 Å². The molecule has 1 aliphatic carbocycles. The highest BCUT2D eigenvalue weighted by Gasteiger charge is 2.23. The number of phenolic OH excluding ortho intramolecular Hbond substituents is 2. The van der Waals surface area contributed by atoms with Gasteiger partial charge in [0.2, 0.25) is 0 Å². The third-order valence-corrected chi connectivity index (χ3v) is 8.76. The summed E-state index contributed by atoms with van der Waals surface area (Å²) in [7, 11) is 0. The van der Waals surface area contributed by atoms with Gasteiger partial charge in [-0.2, -0.15) is 0 Å². The number of phenols is 2. The fourth-order valence-corrected chi connectivity index (χ4v) is 6.19. The Bertz CT molecular complexity index is 1080. The van der Waals surface area contributed by atoms with Gasteiger partial charge in [0, 0.05) is 48.8 Å². The van der Waals surface area contributed by atoms with Crippen LogP contribution in [-0.2, 0) is 0 Å². The zero-order valence-corrected chi connectivity index (χ0v) is 25.0. The molecule has 228 valence electrons. The van der Waals surface area contributed by atoms with Crippen molar-refractivity contribution in [2.75, 3.05) is 52.5 Å². The van der Waals surface area contributed by atoms with Crippen molar-refractivity contribution in [3.8, 4) is 23.0 Å². The molecule has 3 fully saturated rings. The van der Waals surface area contributed by atoms with E-state index in [-0.39, 0.29) is 23.6 Å². The number of ether oxygens (including phenoxy) is 2. The molecule has 2 aromatic rings. The minimum Gasteiger partial charge on any atom is -0.507 e. The van der Waals surface area contributed by atoms with Crippen molar-refractivity contribution in [3.63, 3.8) is 0 Å². The summed E-state index contributed by atoms with van der Waals surface area (Å²) in [5, 5.41) is 21.2. The molecule has 2 N–H and O–H groups in total. The van der Waals surface area contributed by atoms with Gasteiger partial charge in [-0.1, -0.05) is 25.7 Å². The molecule has 8 heteroatoms. The lowest BCUT2D eigenvalue weighted by molar-refractivity contribution is 0.183. The Morgan fingerprint density at radius 3 is 1.45 bits per heavy atom. The minimum atomic E-state index is 0.0365. The van der Waals surface area contributed by atoms with Crippen molar-refractivity contribution in [2.45, 2.75) is 76.3 Å². The van der Waals surface area contributed by atoms with Crippen LogP contribution >= 0.6 is 0 Å². The number of likely N-dealkylation sites (tertiary alicyclic amines) is 2. The van der Waals surface area contributed by atoms with Crippen LogP contribution in [0.25, 0.3) is 0 Å². The fraction of sp³-hybridized carbons (Fsp3) is 0.588. The maximum atomic E-state index is 10.6. The van der Waals surface area contributed by atoms with E-state index < -0.39 is 0 Å². The average molecular weight is 577 g/mol. The molecule has 0 radical (unpaired) electrons. The maximum absolute atomic E-state index is 10.6. The standard InChI is InChI=1S/C34H48N4O4/c39-33-23-29(41-21-19-37-15-5-1-6-16-37)13-11-27(33)25-35-31-9-3-4-10-32(31)36-26-28-12-14-30(24-34(28)40)42-22-20-38-17-7-2-8-18-38/h11-14,23-26,31-32,39-40H,1-10,15-22H2/t31-,32-/m1/s1. The zero-order chi connectivity index (χ0) is 29.0. The SMILES string of the molecule is Oc1cc(OCCN2CCCCC2)ccc1C=N[C@@H]1CCCC[C@H]1N=Cc1ccc(OCCN2CCCCC2)cc1O. The van der Waals surface area contributed by atoms with Gasteiger partial charge in [-0.3, -0.25) is 19.8 Å². The van der Waals surface area contributed by atoms with E-state index in [9.17, 15) is 10.2 Å². The zero-order valence-electron chi connectivity index (χ0n) is 25.0. The monoisotopic (exact) mass is 576 g/mol. The molecule has 2 aromatic carbocycles. The number of benzene rings is 2. The van der Waals surface area contributed by atoms with E-state index in [1.54, 1.807) is 24.6 Å². The summed E-state index contributed by atoms with van der Waals surface area (Å²) >= 11 is 0. The summed E-state index contributed by atoms with van der Waals surface area (Å²) in [4.78, 5) is 14.6. The second kappa shape index (κ2) is 15.9. The van der Waals surface area contributed by atoms with Crippen LogP contribution in [-0.4, -0.2) is 97.0 Å². The van der Waals surface area contributed by atoms with E-state index in [0.29, 0.717) is 35.8 Å². The molecule has 0 bridgehead atoms. The Morgan fingerprint density at radius 1 is 0.619 bits per heavy atom. The smallest absolute Gasteiger partial charge is 0.128 e. The Morgan fingerprint density at radius 2 is 1.05 bits per heavy atom. The van der Waals surface area contributed by atoms with E-state index in [1.807, 2.05) is 24.3 Å². The second-order valence-electron chi connectivity index (χ2n) is 11.9. The molecule has 0 amide bonds. The number of hydrogen-bond acceptors (Lipinski definition) is 8. The van der Waals surface area contributed by atoms with Gasteiger partial charge in [0.05, 0.1) is 12.1 Å². The number of nitrogens with zero attached hydrogens (tertiary/aromatic N) is 4. The van der Waals surface area contributed by atoms with Crippen molar-refractivity contribution in [1.82, 2.24) is 9.80 Å². The summed E-state index contributed by atoms with van der Waals surface area (Å²) < 4.78 is 11.8. The largest absolute Gasteiger partial charge is 0.507 e. The molecule has 42 heavy (non-hydrogen) atoms. The molecule has 0 spiro atoms. The predicted molar refractivity (Wildman–Crippen MR) is 169 cm³/mol. The van der Waals surface area contributed by atoms with Gasteiger partial charge in [0.25, 0.3) is 0 Å². The van der Waals surface area contributed by atoms with Crippen molar-refractivity contribution in [1.29, 1.82) is 0 Å². The molecule has 0 unspecified atom stereocenters. The molecule has 2 atom stereocenters. The summed E-state index contributed by atoms with van der Waals surface area (Å²) in [6, 6.07) is 11.0. The first-order valence-corrected chi connectivity index (χ1v) is 16.1. The van der Waals surface area contributed by atoms with Crippen LogP contribution in [0.4, 0.5) is 0 Å². The van der Waals surface area contributed by atoms with Gasteiger partial charge in [-0.05, 0) is 89.0 Å². The Kier molecular flexibility index (Phi) is 11.5. The highest BCUT2D eigenvalue weighted by atomic mass is 16.5. The fourth-order valence-electron chi connectivity index (χ4n) is 6.19. The first kappa shape index (κ1) is 30.4. The topological polar surface area (TPSA) is 90.1 Å². The first-order valence-electron chi connectivity index (χ1n) is 16.1. The average Bonchev–Trinajstić information content (AvgIpc) is 3.02. The quantitative estimate of drug-likeness (QED) is 0.316. The summed E-state index contributed by atoms with van der Waals surface area (Å²) in [5.74, 6) is 1.71. The molecular formula is C34H48N4O4. The van der Waals surface area contributed by atoms with Crippen LogP contribution in [0.1, 0.15) is 75.3 Å². The predicted octanol–water partition coefficient (Wildman–Crippen LogP) is 5.68. The lowest BCUT2D eigenvalue weighted by Gasteiger charge is -2.26. The molecular weight excluding hydrogens is 528 g/mol. The minimum absolute atomic E-state index is 0.0365. The van der Waals surface area contributed by atoms with Crippen molar-refractivity contribution in [3.05, 3.63) is 47.5 Å². The lowest BCUT2D eigenvalue weighted by Crippen LogP contribution is -2.33. The molecule has 2 aliphatic heterocycles. The number of rotatable bonds is 12. The Hall–Kier alpha value is -3.10. The van der Waals surface area contributed by atoms with Gasteiger partial charge < -0.3 is 19.7 Å². The van der Waals surface area contributed by atoms with E-state index in [0.717, 1.165) is 65.0 Å².